The molecule has 0 spiro atoms. The van der Waals surface area contributed by atoms with Crippen LogP contribution in [0.2, 0.25) is 0 Å². The lowest BCUT2D eigenvalue weighted by Gasteiger charge is -2.10. The Bertz CT molecular complexity index is 612. The molecule has 1 aliphatic heterocycles. The minimum absolute atomic E-state index is 0.216. The summed E-state index contributed by atoms with van der Waals surface area (Å²) in [6.45, 7) is 1.54. The SMILES string of the molecule is CCOC(=O)CN1C(=O)S/C(=C/c2ccc(I)cc2)C1=O. The van der Waals surface area contributed by atoms with Crippen molar-refractivity contribution in [1.82, 2.24) is 4.90 Å². The van der Waals surface area contributed by atoms with Crippen LogP contribution in [0.3, 0.4) is 0 Å². The van der Waals surface area contributed by atoms with Gasteiger partial charge >= 0.3 is 5.97 Å². The third-order valence-corrected chi connectivity index (χ3v) is 4.26. The van der Waals surface area contributed by atoms with E-state index >= 15 is 0 Å². The van der Waals surface area contributed by atoms with Crippen molar-refractivity contribution in [2.24, 2.45) is 0 Å². The summed E-state index contributed by atoms with van der Waals surface area (Å²) in [7, 11) is 0. The Hall–Kier alpha value is -1.35. The van der Waals surface area contributed by atoms with E-state index in [9.17, 15) is 14.4 Å². The van der Waals surface area contributed by atoms with Gasteiger partial charge in [-0.15, -0.1) is 0 Å². The van der Waals surface area contributed by atoms with Gasteiger partial charge in [-0.3, -0.25) is 19.3 Å². The summed E-state index contributed by atoms with van der Waals surface area (Å²) in [5, 5.41) is -0.454. The Labute approximate surface area is 139 Å². The zero-order valence-electron chi connectivity index (χ0n) is 11.2. The highest BCUT2D eigenvalue weighted by atomic mass is 127. The minimum atomic E-state index is -0.588. The smallest absolute Gasteiger partial charge is 0.326 e. The molecule has 0 unspecified atom stereocenters. The van der Waals surface area contributed by atoms with Crippen LogP contribution in [0.25, 0.3) is 6.08 Å². The van der Waals surface area contributed by atoms with Crippen LogP contribution >= 0.6 is 34.4 Å². The number of halogens is 1. The second-order valence-corrected chi connectivity index (χ2v) is 6.36. The monoisotopic (exact) mass is 417 g/mol. The van der Waals surface area contributed by atoms with Gasteiger partial charge in [-0.2, -0.15) is 0 Å². The molecule has 1 fully saturated rings. The van der Waals surface area contributed by atoms with Crippen LogP contribution < -0.4 is 0 Å². The predicted octanol–water partition coefficient (Wildman–Crippen LogP) is 2.89. The normalized spacial score (nSPS) is 16.7. The first-order valence-corrected chi connectivity index (χ1v) is 8.07. The summed E-state index contributed by atoms with van der Waals surface area (Å²) < 4.78 is 5.84. The Morgan fingerprint density at radius 3 is 2.62 bits per heavy atom. The zero-order chi connectivity index (χ0) is 15.4. The van der Waals surface area contributed by atoms with Gasteiger partial charge in [0.2, 0.25) is 0 Å². The first kappa shape index (κ1) is 16.0. The van der Waals surface area contributed by atoms with Crippen molar-refractivity contribution in [2.75, 3.05) is 13.2 Å². The molecule has 1 aliphatic rings. The lowest BCUT2D eigenvalue weighted by Crippen LogP contribution is -2.34. The van der Waals surface area contributed by atoms with E-state index < -0.39 is 17.1 Å². The van der Waals surface area contributed by atoms with Crippen LogP contribution in [0.5, 0.6) is 0 Å². The maximum absolute atomic E-state index is 12.1. The van der Waals surface area contributed by atoms with E-state index in [1.165, 1.54) is 0 Å². The number of hydrogen-bond acceptors (Lipinski definition) is 5. The molecule has 0 aliphatic carbocycles. The average molecular weight is 417 g/mol. The molecular formula is C14H12INO4S. The summed E-state index contributed by atoms with van der Waals surface area (Å²) in [5.41, 5.74) is 0.831. The fraction of sp³-hybridized carbons (Fsp3) is 0.214. The van der Waals surface area contributed by atoms with Gasteiger partial charge in [0.1, 0.15) is 6.54 Å². The topological polar surface area (TPSA) is 63.7 Å². The van der Waals surface area contributed by atoms with Gasteiger partial charge in [0.25, 0.3) is 11.1 Å². The van der Waals surface area contributed by atoms with Gasteiger partial charge in [0, 0.05) is 3.57 Å². The van der Waals surface area contributed by atoms with Crippen molar-refractivity contribution in [2.45, 2.75) is 6.92 Å². The van der Waals surface area contributed by atoms with Gasteiger partial charge in [-0.05, 0) is 65.0 Å². The number of nitrogens with zero attached hydrogens (tertiary/aromatic N) is 1. The molecule has 21 heavy (non-hydrogen) atoms. The minimum Gasteiger partial charge on any atom is -0.465 e. The van der Waals surface area contributed by atoms with Gasteiger partial charge < -0.3 is 4.74 Å². The number of thioether (sulfide) groups is 1. The van der Waals surface area contributed by atoms with Crippen LogP contribution in [-0.2, 0) is 14.3 Å². The fourth-order valence-electron chi connectivity index (χ4n) is 1.68. The average Bonchev–Trinajstić information content (AvgIpc) is 2.69. The van der Waals surface area contributed by atoms with Gasteiger partial charge in [-0.25, -0.2) is 0 Å². The molecule has 5 nitrogen and oxygen atoms in total. The predicted molar refractivity (Wildman–Crippen MR) is 88.5 cm³/mol. The quantitative estimate of drug-likeness (QED) is 0.429. The van der Waals surface area contributed by atoms with E-state index in [-0.39, 0.29) is 13.2 Å². The molecule has 1 aromatic carbocycles. The van der Waals surface area contributed by atoms with Crippen molar-refractivity contribution < 1.29 is 19.1 Å². The van der Waals surface area contributed by atoms with Crippen LogP contribution in [0.15, 0.2) is 29.2 Å². The second kappa shape index (κ2) is 7.08. The van der Waals surface area contributed by atoms with Crippen LogP contribution in [0, 0.1) is 3.57 Å². The molecule has 1 saturated heterocycles. The molecule has 7 heteroatoms. The van der Waals surface area contributed by atoms with Crippen molar-refractivity contribution in [3.8, 4) is 0 Å². The molecule has 110 valence electrons. The molecule has 2 amide bonds. The largest absolute Gasteiger partial charge is 0.465 e. The third kappa shape index (κ3) is 4.07. The van der Waals surface area contributed by atoms with Crippen LogP contribution in [-0.4, -0.2) is 35.2 Å². The third-order valence-electron chi connectivity index (χ3n) is 2.63. The summed E-state index contributed by atoms with van der Waals surface area (Å²) >= 11 is 3.02. The molecule has 1 heterocycles. The van der Waals surface area contributed by atoms with Crippen molar-refractivity contribution in [3.63, 3.8) is 0 Å². The highest BCUT2D eigenvalue weighted by molar-refractivity contribution is 14.1. The molecular weight excluding hydrogens is 405 g/mol. The summed E-state index contributed by atoms with van der Waals surface area (Å²) in [5.74, 6) is -1.05. The van der Waals surface area contributed by atoms with Crippen LogP contribution in [0.1, 0.15) is 12.5 Å². The summed E-state index contributed by atoms with van der Waals surface area (Å²) in [4.78, 5) is 36.5. The van der Waals surface area contributed by atoms with E-state index in [1.54, 1.807) is 13.0 Å². The number of benzene rings is 1. The van der Waals surface area contributed by atoms with Gasteiger partial charge in [0.05, 0.1) is 11.5 Å². The van der Waals surface area contributed by atoms with Crippen molar-refractivity contribution in [1.29, 1.82) is 0 Å². The molecule has 0 aromatic heterocycles. The molecule has 2 rings (SSSR count). The number of amides is 2. The fourth-order valence-corrected chi connectivity index (χ4v) is 2.88. The van der Waals surface area contributed by atoms with Gasteiger partial charge in [-0.1, -0.05) is 12.1 Å². The lowest BCUT2D eigenvalue weighted by atomic mass is 10.2. The number of hydrogen-bond donors (Lipinski definition) is 0. The van der Waals surface area contributed by atoms with Gasteiger partial charge in [0.15, 0.2) is 0 Å². The van der Waals surface area contributed by atoms with E-state index in [0.717, 1.165) is 25.8 Å². The number of esters is 1. The van der Waals surface area contributed by atoms with E-state index in [4.69, 9.17) is 4.74 Å². The van der Waals surface area contributed by atoms with Crippen molar-refractivity contribution >= 4 is 57.5 Å². The first-order valence-electron chi connectivity index (χ1n) is 6.18. The maximum atomic E-state index is 12.1. The zero-order valence-corrected chi connectivity index (χ0v) is 14.1. The second-order valence-electron chi connectivity index (χ2n) is 4.12. The summed E-state index contributed by atoms with van der Waals surface area (Å²) in [6.07, 6.45) is 1.64. The molecule has 0 N–H and O–H groups in total. The van der Waals surface area contributed by atoms with Crippen LogP contribution in [0.4, 0.5) is 4.79 Å². The Morgan fingerprint density at radius 1 is 1.33 bits per heavy atom. The molecule has 0 atom stereocenters. The Balaban J connectivity index is 2.13. The molecule has 0 radical (unpaired) electrons. The highest BCUT2D eigenvalue weighted by Crippen LogP contribution is 2.32. The molecule has 0 saturated carbocycles. The van der Waals surface area contributed by atoms with Crippen molar-refractivity contribution in [3.05, 3.63) is 38.3 Å². The number of rotatable bonds is 4. The van der Waals surface area contributed by atoms with E-state index in [0.29, 0.717) is 4.91 Å². The number of imide groups is 1. The van der Waals surface area contributed by atoms with E-state index in [1.807, 2.05) is 24.3 Å². The molecule has 0 bridgehead atoms. The standard InChI is InChI=1S/C14H12INO4S/c1-2-20-12(17)8-16-13(18)11(21-14(16)19)7-9-3-5-10(15)6-4-9/h3-7H,2,8H2,1H3/b11-7+. The number of carbonyl (C=O) groups is 3. The highest BCUT2D eigenvalue weighted by Gasteiger charge is 2.36. The number of carbonyl (C=O) groups excluding carboxylic acids is 3. The Kier molecular flexibility index (Phi) is 5.40. The lowest BCUT2D eigenvalue weighted by molar-refractivity contribution is -0.145. The summed E-state index contributed by atoms with van der Waals surface area (Å²) in [6, 6.07) is 7.55. The van der Waals surface area contributed by atoms with E-state index in [2.05, 4.69) is 22.6 Å². The number of ether oxygens (including phenoxy) is 1. The first-order chi connectivity index (χ1) is 10.0. The molecule has 1 aromatic rings. The Morgan fingerprint density at radius 2 is 2.00 bits per heavy atom. The maximum Gasteiger partial charge on any atom is 0.326 e.